The maximum absolute atomic E-state index is 13.9. The van der Waals surface area contributed by atoms with Gasteiger partial charge in [0.2, 0.25) is 0 Å². The monoisotopic (exact) mass is 330 g/mol. The first kappa shape index (κ1) is 14.1. The highest BCUT2D eigenvalue weighted by atomic mass is 79.9. The zero-order valence-electron chi connectivity index (χ0n) is 10.2. The van der Waals surface area contributed by atoms with Crippen molar-refractivity contribution < 1.29 is 8.78 Å². The van der Waals surface area contributed by atoms with Gasteiger partial charge in [-0.05, 0) is 28.1 Å². The maximum atomic E-state index is 13.9. The number of aromatic nitrogens is 2. The van der Waals surface area contributed by atoms with Crippen LogP contribution in [0.25, 0.3) is 0 Å². The summed E-state index contributed by atoms with van der Waals surface area (Å²) in [5.41, 5.74) is 3.13. The Morgan fingerprint density at radius 2 is 2.21 bits per heavy atom. The van der Waals surface area contributed by atoms with Gasteiger partial charge in [-0.1, -0.05) is 0 Å². The fraction of sp³-hybridized carbons (Fsp3) is 0.250. The summed E-state index contributed by atoms with van der Waals surface area (Å²) in [6.07, 6.45) is 3.43. The first-order valence-corrected chi connectivity index (χ1v) is 6.38. The molecule has 102 valence electrons. The van der Waals surface area contributed by atoms with Crippen LogP contribution >= 0.6 is 15.9 Å². The van der Waals surface area contributed by atoms with E-state index in [4.69, 9.17) is 5.84 Å². The Kier molecular flexibility index (Phi) is 4.28. The van der Waals surface area contributed by atoms with Crippen LogP contribution < -0.4 is 11.3 Å². The lowest BCUT2D eigenvalue weighted by Gasteiger charge is -2.15. The SMILES string of the molecule is Cn1cnc(C(Cc2c(F)ccc(Br)c2F)NN)c1. The van der Waals surface area contributed by atoms with Crippen LogP contribution in [0, 0.1) is 11.6 Å². The number of imidazole rings is 1. The van der Waals surface area contributed by atoms with Gasteiger partial charge in [0.1, 0.15) is 11.6 Å². The van der Waals surface area contributed by atoms with E-state index >= 15 is 0 Å². The van der Waals surface area contributed by atoms with Crippen molar-refractivity contribution in [1.29, 1.82) is 0 Å². The molecule has 0 fully saturated rings. The van der Waals surface area contributed by atoms with Crippen LogP contribution in [0.3, 0.4) is 0 Å². The number of hydrazine groups is 1. The minimum absolute atomic E-state index is 0.0250. The minimum Gasteiger partial charge on any atom is -0.340 e. The van der Waals surface area contributed by atoms with Gasteiger partial charge in [-0.15, -0.1) is 0 Å². The molecule has 0 spiro atoms. The average Bonchev–Trinajstić information content (AvgIpc) is 2.81. The Morgan fingerprint density at radius 1 is 1.47 bits per heavy atom. The summed E-state index contributed by atoms with van der Waals surface area (Å²) in [7, 11) is 1.81. The molecular formula is C12H13BrF2N4. The predicted molar refractivity (Wildman–Crippen MR) is 71.0 cm³/mol. The van der Waals surface area contributed by atoms with Crippen molar-refractivity contribution in [1.82, 2.24) is 15.0 Å². The third-order valence-electron chi connectivity index (χ3n) is 2.83. The Bertz CT molecular complexity index is 585. The van der Waals surface area contributed by atoms with E-state index in [1.807, 2.05) is 7.05 Å². The molecule has 2 rings (SSSR count). The number of hydrogen-bond acceptors (Lipinski definition) is 3. The maximum Gasteiger partial charge on any atom is 0.143 e. The van der Waals surface area contributed by atoms with Crippen molar-refractivity contribution in [3.63, 3.8) is 0 Å². The van der Waals surface area contributed by atoms with E-state index < -0.39 is 17.7 Å². The number of halogens is 3. The van der Waals surface area contributed by atoms with Crippen molar-refractivity contribution in [2.75, 3.05) is 0 Å². The van der Waals surface area contributed by atoms with Gasteiger partial charge in [-0.3, -0.25) is 11.3 Å². The molecule has 4 nitrogen and oxygen atoms in total. The molecule has 0 bridgehead atoms. The average molecular weight is 331 g/mol. The molecule has 7 heteroatoms. The van der Waals surface area contributed by atoms with E-state index in [0.29, 0.717) is 5.69 Å². The number of nitrogens with zero attached hydrogens (tertiary/aromatic N) is 2. The molecule has 0 saturated heterocycles. The van der Waals surface area contributed by atoms with Crippen LogP contribution in [0.15, 0.2) is 29.1 Å². The van der Waals surface area contributed by atoms with E-state index in [-0.39, 0.29) is 16.5 Å². The Morgan fingerprint density at radius 3 is 2.79 bits per heavy atom. The van der Waals surface area contributed by atoms with Crippen LogP contribution in [0.2, 0.25) is 0 Å². The van der Waals surface area contributed by atoms with Crippen LogP contribution in [-0.4, -0.2) is 9.55 Å². The van der Waals surface area contributed by atoms with E-state index in [0.717, 1.165) is 0 Å². The first-order valence-electron chi connectivity index (χ1n) is 5.59. The van der Waals surface area contributed by atoms with E-state index in [1.165, 1.54) is 12.1 Å². The van der Waals surface area contributed by atoms with Crippen LogP contribution in [-0.2, 0) is 13.5 Å². The topological polar surface area (TPSA) is 55.9 Å². The highest BCUT2D eigenvalue weighted by molar-refractivity contribution is 9.10. The minimum atomic E-state index is -0.615. The third-order valence-corrected chi connectivity index (χ3v) is 3.44. The summed E-state index contributed by atoms with van der Waals surface area (Å²) in [4.78, 5) is 4.13. The van der Waals surface area contributed by atoms with Gasteiger partial charge in [-0.2, -0.15) is 0 Å². The molecule has 1 atom stereocenters. The lowest BCUT2D eigenvalue weighted by Crippen LogP contribution is -2.30. The Labute approximate surface area is 117 Å². The zero-order valence-corrected chi connectivity index (χ0v) is 11.8. The fourth-order valence-electron chi connectivity index (χ4n) is 1.82. The number of hydrogen-bond donors (Lipinski definition) is 2. The standard InChI is InChI=1S/C12H13BrF2N4/c1-19-5-11(17-6-19)10(18-16)4-7-9(14)3-2-8(13)12(7)15/h2-3,5-6,10,18H,4,16H2,1H3. The van der Waals surface area contributed by atoms with Crippen molar-refractivity contribution in [2.45, 2.75) is 12.5 Å². The summed E-state index contributed by atoms with van der Waals surface area (Å²) < 4.78 is 29.6. The van der Waals surface area contributed by atoms with Crippen LogP contribution in [0.4, 0.5) is 8.78 Å². The number of nitrogens with two attached hydrogens (primary N) is 1. The van der Waals surface area contributed by atoms with Gasteiger partial charge in [0, 0.05) is 25.2 Å². The molecule has 0 amide bonds. The number of nitrogens with one attached hydrogen (secondary N) is 1. The molecule has 1 aromatic carbocycles. The molecule has 3 N–H and O–H groups in total. The van der Waals surface area contributed by atoms with Crippen molar-refractivity contribution in [3.8, 4) is 0 Å². The summed E-state index contributed by atoms with van der Waals surface area (Å²) >= 11 is 3.04. The normalized spacial score (nSPS) is 12.7. The quantitative estimate of drug-likeness (QED) is 0.513. The number of benzene rings is 1. The lowest BCUT2D eigenvalue weighted by atomic mass is 10.0. The second kappa shape index (κ2) is 5.77. The largest absolute Gasteiger partial charge is 0.340 e. The van der Waals surface area contributed by atoms with Gasteiger partial charge in [-0.25, -0.2) is 13.8 Å². The molecule has 2 aromatic rings. The Hall–Kier alpha value is -1.31. The van der Waals surface area contributed by atoms with Gasteiger partial charge in [0.05, 0.1) is 22.5 Å². The fourth-order valence-corrected chi connectivity index (χ4v) is 2.19. The molecule has 0 aliphatic heterocycles. The lowest BCUT2D eigenvalue weighted by molar-refractivity contribution is 0.492. The molecule has 19 heavy (non-hydrogen) atoms. The molecule has 0 aliphatic carbocycles. The molecule has 1 heterocycles. The van der Waals surface area contributed by atoms with Crippen LogP contribution in [0.5, 0.6) is 0 Å². The van der Waals surface area contributed by atoms with Crippen LogP contribution in [0.1, 0.15) is 17.3 Å². The molecule has 0 aliphatic rings. The van der Waals surface area contributed by atoms with Crippen molar-refractivity contribution in [3.05, 3.63) is 52.0 Å². The zero-order chi connectivity index (χ0) is 14.0. The van der Waals surface area contributed by atoms with E-state index in [1.54, 1.807) is 17.1 Å². The van der Waals surface area contributed by atoms with Gasteiger partial charge in [0.25, 0.3) is 0 Å². The first-order chi connectivity index (χ1) is 9.02. The summed E-state index contributed by atoms with van der Waals surface area (Å²) in [5.74, 6) is 4.23. The van der Waals surface area contributed by atoms with Crippen molar-refractivity contribution in [2.24, 2.45) is 12.9 Å². The highest BCUT2D eigenvalue weighted by Gasteiger charge is 2.19. The highest BCUT2D eigenvalue weighted by Crippen LogP contribution is 2.25. The molecular weight excluding hydrogens is 318 g/mol. The molecule has 1 aromatic heterocycles. The Balaban J connectivity index is 2.31. The van der Waals surface area contributed by atoms with Gasteiger partial charge >= 0.3 is 0 Å². The summed E-state index contributed by atoms with van der Waals surface area (Å²) in [6.45, 7) is 0. The molecule has 0 saturated carbocycles. The van der Waals surface area contributed by atoms with E-state index in [9.17, 15) is 8.78 Å². The summed E-state index contributed by atoms with van der Waals surface area (Å²) in [6, 6.07) is 2.09. The third kappa shape index (κ3) is 2.99. The van der Waals surface area contributed by atoms with E-state index in [2.05, 4.69) is 26.3 Å². The second-order valence-electron chi connectivity index (χ2n) is 4.21. The second-order valence-corrected chi connectivity index (χ2v) is 5.06. The molecule has 0 radical (unpaired) electrons. The summed E-state index contributed by atoms with van der Waals surface area (Å²) in [5, 5.41) is 0. The number of aryl methyl sites for hydroxylation is 1. The van der Waals surface area contributed by atoms with Gasteiger partial charge in [0.15, 0.2) is 0 Å². The van der Waals surface area contributed by atoms with Gasteiger partial charge < -0.3 is 4.57 Å². The number of rotatable bonds is 4. The predicted octanol–water partition coefficient (Wildman–Crippen LogP) is 2.21. The smallest absolute Gasteiger partial charge is 0.143 e. The van der Waals surface area contributed by atoms with Crippen molar-refractivity contribution >= 4 is 15.9 Å². The molecule has 1 unspecified atom stereocenters.